The van der Waals surface area contributed by atoms with Gasteiger partial charge in [0.05, 0.1) is 5.56 Å². The Morgan fingerprint density at radius 1 is 1.17 bits per heavy atom. The molecule has 5 heteroatoms. The van der Waals surface area contributed by atoms with E-state index in [9.17, 15) is 14.0 Å². The summed E-state index contributed by atoms with van der Waals surface area (Å²) in [6, 6.07) is 6.48. The van der Waals surface area contributed by atoms with E-state index in [1.807, 2.05) is 0 Å². The number of furan rings is 1. The Kier molecular flexibility index (Phi) is 2.97. The van der Waals surface area contributed by atoms with Gasteiger partial charge < -0.3 is 9.52 Å². The van der Waals surface area contributed by atoms with E-state index in [0.29, 0.717) is 0 Å². The van der Waals surface area contributed by atoms with Crippen molar-refractivity contribution in [3.8, 4) is 0 Å². The lowest BCUT2D eigenvalue weighted by Gasteiger charge is -2.01. The van der Waals surface area contributed by atoms with Crippen molar-refractivity contribution in [1.82, 2.24) is 0 Å². The van der Waals surface area contributed by atoms with Gasteiger partial charge in [-0.3, -0.25) is 4.79 Å². The van der Waals surface area contributed by atoms with Crippen LogP contribution in [0.1, 0.15) is 32.2 Å². The number of aryl methyl sites for hydroxylation is 1. The summed E-state index contributed by atoms with van der Waals surface area (Å²) in [7, 11) is 0. The maximum Gasteiger partial charge on any atom is 0.371 e. The van der Waals surface area contributed by atoms with Crippen molar-refractivity contribution >= 4 is 11.8 Å². The molecule has 0 unspecified atom stereocenters. The zero-order valence-corrected chi connectivity index (χ0v) is 9.44. The van der Waals surface area contributed by atoms with Gasteiger partial charge in [0.1, 0.15) is 5.82 Å². The Hall–Kier alpha value is -2.43. The molecule has 0 aliphatic carbocycles. The van der Waals surface area contributed by atoms with Gasteiger partial charge in [0.15, 0.2) is 5.76 Å². The van der Waals surface area contributed by atoms with Crippen molar-refractivity contribution in [3.05, 3.63) is 58.8 Å². The fourth-order valence-electron chi connectivity index (χ4n) is 1.52. The molecule has 1 N–H and O–H groups in total. The van der Waals surface area contributed by atoms with E-state index in [-0.39, 0.29) is 17.1 Å². The molecule has 2 rings (SSSR count). The predicted molar refractivity (Wildman–Crippen MR) is 60.2 cm³/mol. The molecule has 0 radical (unpaired) electrons. The number of carboxylic acid groups (broad SMARTS) is 1. The number of rotatable bonds is 3. The van der Waals surface area contributed by atoms with Crippen LogP contribution in [-0.2, 0) is 0 Å². The van der Waals surface area contributed by atoms with Crippen molar-refractivity contribution in [2.45, 2.75) is 6.92 Å². The van der Waals surface area contributed by atoms with Crippen LogP contribution >= 0.6 is 0 Å². The molecule has 0 spiro atoms. The van der Waals surface area contributed by atoms with Crippen LogP contribution in [0.5, 0.6) is 0 Å². The molecule has 0 saturated heterocycles. The fraction of sp³-hybridized carbons (Fsp3) is 0.0769. The summed E-state index contributed by atoms with van der Waals surface area (Å²) < 4.78 is 18.3. The van der Waals surface area contributed by atoms with Gasteiger partial charge in [0.25, 0.3) is 0 Å². The smallest absolute Gasteiger partial charge is 0.371 e. The lowest BCUT2D eigenvalue weighted by atomic mass is 10.1. The molecule has 4 nitrogen and oxygen atoms in total. The summed E-state index contributed by atoms with van der Waals surface area (Å²) in [5, 5.41) is 8.67. The van der Waals surface area contributed by atoms with Crippen LogP contribution < -0.4 is 0 Å². The van der Waals surface area contributed by atoms with Gasteiger partial charge in [0, 0.05) is 0 Å². The third kappa shape index (κ3) is 2.15. The van der Waals surface area contributed by atoms with Crippen molar-refractivity contribution in [2.24, 2.45) is 0 Å². The average Bonchev–Trinajstić information content (AvgIpc) is 2.81. The molecule has 0 bridgehead atoms. The van der Waals surface area contributed by atoms with E-state index in [1.165, 1.54) is 24.3 Å². The Bertz CT molecular complexity index is 628. The number of carboxylic acids is 1. The van der Waals surface area contributed by atoms with Gasteiger partial charge in [-0.05, 0) is 31.2 Å². The minimum Gasteiger partial charge on any atom is -0.475 e. The monoisotopic (exact) mass is 248 g/mol. The summed E-state index contributed by atoms with van der Waals surface area (Å²) in [6.07, 6.45) is 0. The lowest BCUT2D eigenvalue weighted by molar-refractivity contribution is 0.0660. The highest BCUT2D eigenvalue weighted by Gasteiger charge is 2.19. The SMILES string of the molecule is Cc1ccc(F)c(C(=O)c2ccc(C(=O)O)o2)c1. The van der Waals surface area contributed by atoms with Crippen LogP contribution in [-0.4, -0.2) is 16.9 Å². The lowest BCUT2D eigenvalue weighted by Crippen LogP contribution is -2.03. The van der Waals surface area contributed by atoms with Crippen LogP contribution in [0.2, 0.25) is 0 Å². The summed E-state index contributed by atoms with van der Waals surface area (Å²) in [5.41, 5.74) is 0.589. The molecule has 92 valence electrons. The van der Waals surface area contributed by atoms with E-state index in [2.05, 4.69) is 0 Å². The molecule has 1 aromatic carbocycles. The third-order valence-corrected chi connectivity index (χ3v) is 2.41. The van der Waals surface area contributed by atoms with Crippen LogP contribution in [0.4, 0.5) is 4.39 Å². The molecular formula is C13H9FO4. The second-order valence-corrected chi connectivity index (χ2v) is 3.78. The van der Waals surface area contributed by atoms with Crippen molar-refractivity contribution < 1.29 is 23.5 Å². The highest BCUT2D eigenvalue weighted by molar-refractivity contribution is 6.07. The minimum absolute atomic E-state index is 0.138. The quantitative estimate of drug-likeness (QED) is 0.848. The normalized spacial score (nSPS) is 10.3. The van der Waals surface area contributed by atoms with Crippen molar-refractivity contribution in [3.63, 3.8) is 0 Å². The Balaban J connectivity index is 2.41. The number of carbonyl (C=O) groups is 2. The number of halogens is 1. The molecule has 1 aromatic heterocycles. The number of aromatic carboxylic acids is 1. The summed E-state index contributed by atoms with van der Waals surface area (Å²) in [4.78, 5) is 22.5. The third-order valence-electron chi connectivity index (χ3n) is 2.41. The standard InChI is InChI=1S/C13H9FO4/c1-7-2-3-9(14)8(6-7)12(15)10-4-5-11(18-10)13(16)17/h2-6H,1H3,(H,16,17). The molecule has 0 atom stereocenters. The van der Waals surface area contributed by atoms with E-state index >= 15 is 0 Å². The van der Waals surface area contributed by atoms with Crippen molar-refractivity contribution in [2.75, 3.05) is 0 Å². The number of carbonyl (C=O) groups excluding carboxylic acids is 1. The Morgan fingerprint density at radius 2 is 1.83 bits per heavy atom. The molecule has 0 aliphatic rings. The first-order valence-corrected chi connectivity index (χ1v) is 5.13. The Morgan fingerprint density at radius 3 is 2.44 bits per heavy atom. The van der Waals surface area contributed by atoms with Crippen LogP contribution in [0, 0.1) is 12.7 Å². The summed E-state index contributed by atoms with van der Waals surface area (Å²) in [6.45, 7) is 1.72. The maximum atomic E-state index is 13.5. The van der Waals surface area contributed by atoms with E-state index < -0.39 is 17.6 Å². The largest absolute Gasteiger partial charge is 0.475 e. The van der Waals surface area contributed by atoms with E-state index in [1.54, 1.807) is 6.92 Å². The number of ketones is 1. The van der Waals surface area contributed by atoms with Crippen LogP contribution in [0.25, 0.3) is 0 Å². The van der Waals surface area contributed by atoms with E-state index in [0.717, 1.165) is 11.6 Å². The first-order valence-electron chi connectivity index (χ1n) is 5.13. The molecule has 0 fully saturated rings. The van der Waals surface area contributed by atoms with Gasteiger partial charge in [-0.25, -0.2) is 9.18 Å². The topological polar surface area (TPSA) is 67.5 Å². The van der Waals surface area contributed by atoms with Crippen LogP contribution in [0.15, 0.2) is 34.7 Å². The highest BCUT2D eigenvalue weighted by atomic mass is 19.1. The zero-order valence-electron chi connectivity index (χ0n) is 9.44. The molecule has 0 saturated carbocycles. The van der Waals surface area contributed by atoms with Crippen LogP contribution in [0.3, 0.4) is 0 Å². The fourth-order valence-corrected chi connectivity index (χ4v) is 1.52. The zero-order chi connectivity index (χ0) is 13.3. The molecular weight excluding hydrogens is 239 g/mol. The molecule has 1 heterocycles. The van der Waals surface area contributed by atoms with Gasteiger partial charge in [-0.1, -0.05) is 11.6 Å². The van der Waals surface area contributed by atoms with E-state index in [4.69, 9.17) is 9.52 Å². The summed E-state index contributed by atoms with van der Waals surface area (Å²) >= 11 is 0. The molecule has 2 aromatic rings. The molecule has 0 aliphatic heterocycles. The van der Waals surface area contributed by atoms with Gasteiger partial charge >= 0.3 is 5.97 Å². The highest BCUT2D eigenvalue weighted by Crippen LogP contribution is 2.17. The number of benzene rings is 1. The number of hydrogen-bond acceptors (Lipinski definition) is 3. The average molecular weight is 248 g/mol. The number of hydrogen-bond donors (Lipinski definition) is 1. The second-order valence-electron chi connectivity index (χ2n) is 3.78. The first kappa shape index (κ1) is 12.0. The minimum atomic E-state index is -1.28. The summed E-state index contributed by atoms with van der Waals surface area (Å²) in [5.74, 6) is -3.18. The van der Waals surface area contributed by atoms with Gasteiger partial charge in [-0.15, -0.1) is 0 Å². The maximum absolute atomic E-state index is 13.5. The van der Waals surface area contributed by atoms with Crippen molar-refractivity contribution in [1.29, 1.82) is 0 Å². The second kappa shape index (κ2) is 4.44. The first-order chi connectivity index (χ1) is 8.49. The molecule has 0 amide bonds. The molecule has 18 heavy (non-hydrogen) atoms. The Labute approximate surface area is 102 Å². The predicted octanol–water partition coefficient (Wildman–Crippen LogP) is 2.66. The van der Waals surface area contributed by atoms with Gasteiger partial charge in [0.2, 0.25) is 11.5 Å². The van der Waals surface area contributed by atoms with Gasteiger partial charge in [-0.2, -0.15) is 0 Å².